The SMILES string of the molecule is Cc1cccc2c1CC=C2O. The Morgan fingerprint density at radius 1 is 1.36 bits per heavy atom. The number of hydrogen-bond acceptors (Lipinski definition) is 1. The van der Waals surface area contributed by atoms with Gasteiger partial charge in [0.15, 0.2) is 0 Å². The molecule has 0 atom stereocenters. The summed E-state index contributed by atoms with van der Waals surface area (Å²) in [5.74, 6) is 0.434. The van der Waals surface area contributed by atoms with Gasteiger partial charge in [-0.25, -0.2) is 0 Å². The third-order valence-corrected chi connectivity index (χ3v) is 2.19. The third-order valence-electron chi connectivity index (χ3n) is 2.19. The maximum atomic E-state index is 9.37. The van der Waals surface area contributed by atoms with E-state index >= 15 is 0 Å². The lowest BCUT2D eigenvalue weighted by atomic mass is 10.0. The van der Waals surface area contributed by atoms with E-state index < -0.39 is 0 Å². The summed E-state index contributed by atoms with van der Waals surface area (Å²) in [5, 5.41) is 9.37. The van der Waals surface area contributed by atoms with E-state index in [-0.39, 0.29) is 0 Å². The van der Waals surface area contributed by atoms with Gasteiger partial charge in [0, 0.05) is 5.56 Å². The Balaban J connectivity index is 2.64. The quantitative estimate of drug-likeness (QED) is 0.596. The molecule has 1 aliphatic rings. The summed E-state index contributed by atoms with van der Waals surface area (Å²) in [6, 6.07) is 6.01. The van der Waals surface area contributed by atoms with Crippen molar-refractivity contribution in [2.24, 2.45) is 0 Å². The highest BCUT2D eigenvalue weighted by Gasteiger charge is 2.13. The van der Waals surface area contributed by atoms with E-state index in [1.165, 1.54) is 11.1 Å². The predicted octanol–water partition coefficient (Wildman–Crippen LogP) is 2.45. The fourth-order valence-electron chi connectivity index (χ4n) is 1.52. The van der Waals surface area contributed by atoms with E-state index in [0.29, 0.717) is 5.76 Å². The molecule has 1 aromatic carbocycles. The largest absolute Gasteiger partial charge is 0.508 e. The molecule has 1 heteroatoms. The van der Waals surface area contributed by atoms with Crippen LogP contribution in [0.15, 0.2) is 24.3 Å². The van der Waals surface area contributed by atoms with Gasteiger partial charge in [-0.15, -0.1) is 0 Å². The van der Waals surface area contributed by atoms with Crippen LogP contribution in [0.5, 0.6) is 0 Å². The van der Waals surface area contributed by atoms with E-state index in [4.69, 9.17) is 0 Å². The number of allylic oxidation sites excluding steroid dienone is 1. The van der Waals surface area contributed by atoms with Crippen LogP contribution in [0.1, 0.15) is 16.7 Å². The van der Waals surface area contributed by atoms with Crippen LogP contribution < -0.4 is 0 Å². The normalized spacial score (nSPS) is 14.5. The van der Waals surface area contributed by atoms with Crippen molar-refractivity contribution in [1.82, 2.24) is 0 Å². The number of hydrogen-bond donors (Lipinski definition) is 1. The van der Waals surface area contributed by atoms with Crippen molar-refractivity contribution in [3.05, 3.63) is 41.0 Å². The Kier molecular flexibility index (Phi) is 1.25. The van der Waals surface area contributed by atoms with Crippen molar-refractivity contribution in [2.75, 3.05) is 0 Å². The summed E-state index contributed by atoms with van der Waals surface area (Å²) in [6.07, 6.45) is 2.74. The molecule has 0 aliphatic heterocycles. The third kappa shape index (κ3) is 0.845. The molecule has 0 bridgehead atoms. The number of aryl methyl sites for hydroxylation is 1. The van der Waals surface area contributed by atoms with Crippen molar-refractivity contribution in [2.45, 2.75) is 13.3 Å². The molecule has 0 aromatic heterocycles. The summed E-state index contributed by atoms with van der Waals surface area (Å²) < 4.78 is 0. The Labute approximate surface area is 66.0 Å². The van der Waals surface area contributed by atoms with Gasteiger partial charge < -0.3 is 5.11 Å². The van der Waals surface area contributed by atoms with E-state index in [0.717, 1.165) is 12.0 Å². The second kappa shape index (κ2) is 2.12. The van der Waals surface area contributed by atoms with Gasteiger partial charge in [-0.3, -0.25) is 0 Å². The van der Waals surface area contributed by atoms with Gasteiger partial charge in [0.05, 0.1) is 0 Å². The van der Waals surface area contributed by atoms with Crippen LogP contribution >= 0.6 is 0 Å². The van der Waals surface area contributed by atoms with Crippen LogP contribution in [0.3, 0.4) is 0 Å². The molecular weight excluding hydrogens is 136 g/mol. The lowest BCUT2D eigenvalue weighted by molar-refractivity contribution is 0.513. The van der Waals surface area contributed by atoms with Crippen LogP contribution in [0.25, 0.3) is 5.76 Å². The fourth-order valence-corrected chi connectivity index (χ4v) is 1.52. The molecule has 0 heterocycles. The van der Waals surface area contributed by atoms with Crippen molar-refractivity contribution < 1.29 is 5.11 Å². The second-order valence-corrected chi connectivity index (χ2v) is 2.89. The van der Waals surface area contributed by atoms with E-state index in [1.54, 1.807) is 0 Å². The second-order valence-electron chi connectivity index (χ2n) is 2.89. The lowest BCUT2D eigenvalue weighted by Crippen LogP contribution is -1.87. The Morgan fingerprint density at radius 2 is 2.18 bits per heavy atom. The number of benzene rings is 1. The molecule has 11 heavy (non-hydrogen) atoms. The molecular formula is C10H10O. The molecule has 1 nitrogen and oxygen atoms in total. The zero-order valence-electron chi connectivity index (χ0n) is 6.46. The van der Waals surface area contributed by atoms with Gasteiger partial charge in [0.25, 0.3) is 0 Å². The highest BCUT2D eigenvalue weighted by Crippen LogP contribution is 2.27. The first-order chi connectivity index (χ1) is 5.29. The fraction of sp³-hybridized carbons (Fsp3) is 0.200. The number of rotatable bonds is 0. The number of aliphatic hydroxyl groups is 1. The van der Waals surface area contributed by atoms with Crippen LogP contribution in [0, 0.1) is 6.92 Å². The molecule has 1 N–H and O–H groups in total. The van der Waals surface area contributed by atoms with Crippen molar-refractivity contribution >= 4 is 5.76 Å². The molecule has 0 saturated carbocycles. The van der Waals surface area contributed by atoms with Crippen LogP contribution in [-0.4, -0.2) is 5.11 Å². The van der Waals surface area contributed by atoms with E-state index in [1.807, 2.05) is 18.2 Å². The molecule has 1 aromatic rings. The monoisotopic (exact) mass is 146 g/mol. The average Bonchev–Trinajstić information content (AvgIpc) is 2.35. The molecule has 0 amide bonds. The van der Waals surface area contributed by atoms with E-state index in [9.17, 15) is 5.11 Å². The molecule has 0 fully saturated rings. The molecule has 2 rings (SSSR count). The maximum Gasteiger partial charge on any atom is 0.119 e. The molecule has 56 valence electrons. The highest BCUT2D eigenvalue weighted by molar-refractivity contribution is 5.68. The van der Waals surface area contributed by atoms with Gasteiger partial charge in [0.2, 0.25) is 0 Å². The van der Waals surface area contributed by atoms with Gasteiger partial charge in [-0.2, -0.15) is 0 Å². The number of aliphatic hydroxyl groups excluding tert-OH is 1. The summed E-state index contributed by atoms with van der Waals surface area (Å²) in [4.78, 5) is 0. The first-order valence-electron chi connectivity index (χ1n) is 3.77. The van der Waals surface area contributed by atoms with Gasteiger partial charge in [0.1, 0.15) is 5.76 Å². The molecule has 0 saturated heterocycles. The number of fused-ring (bicyclic) bond motifs is 1. The molecule has 0 radical (unpaired) electrons. The lowest BCUT2D eigenvalue weighted by Gasteiger charge is -2.02. The van der Waals surface area contributed by atoms with Crippen LogP contribution in [0.4, 0.5) is 0 Å². The molecule has 0 unspecified atom stereocenters. The van der Waals surface area contributed by atoms with Crippen LogP contribution in [-0.2, 0) is 6.42 Å². The van der Waals surface area contributed by atoms with Gasteiger partial charge >= 0.3 is 0 Å². The van der Waals surface area contributed by atoms with Crippen molar-refractivity contribution in [1.29, 1.82) is 0 Å². The standard InChI is InChI=1S/C10H10O/c1-7-3-2-4-9-8(7)5-6-10(9)11/h2-4,6,11H,5H2,1H3. The van der Waals surface area contributed by atoms with Crippen molar-refractivity contribution in [3.8, 4) is 0 Å². The minimum absolute atomic E-state index is 0.434. The molecule has 1 aliphatic carbocycles. The van der Waals surface area contributed by atoms with E-state index in [2.05, 4.69) is 13.0 Å². The first-order valence-corrected chi connectivity index (χ1v) is 3.77. The zero-order valence-corrected chi connectivity index (χ0v) is 6.46. The first kappa shape index (κ1) is 6.47. The maximum absolute atomic E-state index is 9.37. The average molecular weight is 146 g/mol. The Morgan fingerprint density at radius 3 is 2.91 bits per heavy atom. The van der Waals surface area contributed by atoms with Crippen LogP contribution in [0.2, 0.25) is 0 Å². The summed E-state index contributed by atoms with van der Waals surface area (Å²) in [5.41, 5.74) is 3.54. The van der Waals surface area contributed by atoms with Gasteiger partial charge in [-0.05, 0) is 30.5 Å². The Hall–Kier alpha value is -1.24. The summed E-state index contributed by atoms with van der Waals surface area (Å²) >= 11 is 0. The molecule has 0 spiro atoms. The zero-order chi connectivity index (χ0) is 7.84. The smallest absolute Gasteiger partial charge is 0.119 e. The minimum Gasteiger partial charge on any atom is -0.508 e. The van der Waals surface area contributed by atoms with Gasteiger partial charge in [-0.1, -0.05) is 18.2 Å². The highest BCUT2D eigenvalue weighted by atomic mass is 16.3. The van der Waals surface area contributed by atoms with Crippen molar-refractivity contribution in [3.63, 3.8) is 0 Å². The minimum atomic E-state index is 0.434. The summed E-state index contributed by atoms with van der Waals surface area (Å²) in [6.45, 7) is 2.07. The predicted molar refractivity (Wildman–Crippen MR) is 45.5 cm³/mol. The Bertz CT molecular complexity index is 324. The topological polar surface area (TPSA) is 20.2 Å². The summed E-state index contributed by atoms with van der Waals surface area (Å²) in [7, 11) is 0.